The monoisotopic (exact) mass is 519 g/mol. The zero-order chi connectivity index (χ0) is 27.5. The molecule has 0 aliphatic heterocycles. The maximum Gasteiger partial charge on any atom is 0.416 e. The molecule has 0 amide bonds. The summed E-state index contributed by atoms with van der Waals surface area (Å²) in [6.45, 7) is 1.95. The summed E-state index contributed by atoms with van der Waals surface area (Å²) < 4.78 is 79.3. The molecular weight excluding hydrogens is 496 g/mol. The second-order valence-electron chi connectivity index (χ2n) is 8.22. The molecule has 0 saturated carbocycles. The van der Waals surface area contributed by atoms with Crippen molar-refractivity contribution in [1.82, 2.24) is 0 Å². The van der Waals surface area contributed by atoms with E-state index >= 15 is 0 Å². The van der Waals surface area contributed by atoms with Crippen molar-refractivity contribution in [1.29, 1.82) is 10.8 Å². The zero-order valence-electron chi connectivity index (χ0n) is 19.6. The largest absolute Gasteiger partial charge is 0.416 e. The molecule has 37 heavy (non-hydrogen) atoms. The summed E-state index contributed by atoms with van der Waals surface area (Å²) in [6.07, 6.45) is -8.67. The minimum atomic E-state index is -5.03. The normalized spacial score (nSPS) is 12.5. The highest BCUT2D eigenvalue weighted by Gasteiger charge is 2.37. The van der Waals surface area contributed by atoms with E-state index in [0.29, 0.717) is 29.7 Å². The summed E-state index contributed by atoms with van der Waals surface area (Å²) in [4.78, 5) is 3.85. The van der Waals surface area contributed by atoms with Crippen LogP contribution in [0.4, 0.5) is 32.0 Å². The molecule has 0 bridgehead atoms. The minimum Gasteiger partial charge on any atom is -0.384 e. The number of halogens is 6. The first-order valence-electron chi connectivity index (χ1n) is 11.0. The van der Waals surface area contributed by atoms with Gasteiger partial charge in [-0.2, -0.15) is 26.3 Å². The van der Waals surface area contributed by atoms with Gasteiger partial charge in [-0.25, -0.2) is 4.99 Å². The van der Waals surface area contributed by atoms with E-state index in [1.807, 2.05) is 6.92 Å². The highest BCUT2D eigenvalue weighted by atomic mass is 19.4. The van der Waals surface area contributed by atoms with Crippen molar-refractivity contribution in [3.8, 4) is 0 Å². The molecule has 3 aromatic carbocycles. The Morgan fingerprint density at radius 1 is 0.784 bits per heavy atom. The number of aryl methyl sites for hydroxylation is 1. The van der Waals surface area contributed by atoms with Crippen LogP contribution in [0, 0.1) is 10.8 Å². The maximum absolute atomic E-state index is 13.2. The lowest BCUT2D eigenvalue weighted by molar-refractivity contribution is -0.143. The van der Waals surface area contributed by atoms with Gasteiger partial charge in [-0.1, -0.05) is 49.7 Å². The van der Waals surface area contributed by atoms with Crippen LogP contribution in [-0.4, -0.2) is 17.4 Å². The van der Waals surface area contributed by atoms with Crippen molar-refractivity contribution >= 4 is 23.1 Å². The van der Waals surface area contributed by atoms with Gasteiger partial charge in [0.2, 0.25) is 0 Å². The van der Waals surface area contributed by atoms with Crippen LogP contribution in [0.25, 0.3) is 0 Å². The van der Waals surface area contributed by atoms with Crippen molar-refractivity contribution in [2.45, 2.75) is 32.1 Å². The van der Waals surface area contributed by atoms with Crippen molar-refractivity contribution in [2.75, 3.05) is 0 Å². The number of nitrogen functional groups attached to an aromatic ring is 1. The van der Waals surface area contributed by atoms with Crippen molar-refractivity contribution in [2.24, 2.45) is 16.5 Å². The molecule has 5 nitrogen and oxygen atoms in total. The molecule has 0 radical (unpaired) electrons. The van der Waals surface area contributed by atoms with Crippen LogP contribution in [0.2, 0.25) is 0 Å². The zero-order valence-corrected chi connectivity index (χ0v) is 19.6. The van der Waals surface area contributed by atoms with Gasteiger partial charge in [-0.3, -0.25) is 10.8 Å². The van der Waals surface area contributed by atoms with Gasteiger partial charge in [-0.15, -0.1) is 0 Å². The number of aliphatic imine (C=N–C) groups is 1. The minimum absolute atomic E-state index is 0.00114. The SMILES string of the molecule is CCCc1cc(C(=N)c2ccccc2C(N)=Nc2cc(C(F)(F)F)cc(C(F)(F)F)c2)ccc1C(=N)N. The lowest BCUT2D eigenvalue weighted by Crippen LogP contribution is -2.19. The molecule has 0 heterocycles. The lowest BCUT2D eigenvalue weighted by atomic mass is 9.93. The van der Waals surface area contributed by atoms with Gasteiger partial charge in [0.05, 0.1) is 22.5 Å². The number of alkyl halides is 6. The Kier molecular flexibility index (Phi) is 7.75. The van der Waals surface area contributed by atoms with Gasteiger partial charge in [0, 0.05) is 22.3 Å². The summed E-state index contributed by atoms with van der Waals surface area (Å²) in [5.74, 6) is -0.473. The Morgan fingerprint density at radius 2 is 1.35 bits per heavy atom. The molecule has 0 aromatic heterocycles. The van der Waals surface area contributed by atoms with Crippen LogP contribution in [-0.2, 0) is 18.8 Å². The Hall–Kier alpha value is -4.15. The van der Waals surface area contributed by atoms with E-state index in [-0.39, 0.29) is 34.6 Å². The predicted octanol–water partition coefficient (Wildman–Crippen LogP) is 6.41. The van der Waals surface area contributed by atoms with E-state index in [9.17, 15) is 26.3 Å². The van der Waals surface area contributed by atoms with E-state index in [1.54, 1.807) is 36.4 Å². The van der Waals surface area contributed by atoms with Crippen LogP contribution in [0.5, 0.6) is 0 Å². The summed E-state index contributed by atoms with van der Waals surface area (Å²) in [5, 5.41) is 16.5. The molecule has 0 saturated heterocycles. The van der Waals surface area contributed by atoms with Gasteiger partial charge < -0.3 is 11.5 Å². The van der Waals surface area contributed by atoms with E-state index in [2.05, 4.69) is 4.99 Å². The van der Waals surface area contributed by atoms with Gasteiger partial charge in [-0.05, 0) is 36.2 Å². The van der Waals surface area contributed by atoms with Gasteiger partial charge >= 0.3 is 12.4 Å². The third-order valence-corrected chi connectivity index (χ3v) is 5.50. The molecule has 0 spiro atoms. The fourth-order valence-corrected chi connectivity index (χ4v) is 3.77. The number of hydrogen-bond donors (Lipinski definition) is 4. The average Bonchev–Trinajstić information content (AvgIpc) is 2.82. The van der Waals surface area contributed by atoms with E-state index in [1.165, 1.54) is 6.07 Å². The van der Waals surface area contributed by atoms with Crippen LogP contribution >= 0.6 is 0 Å². The number of nitrogens with one attached hydrogen (secondary N) is 2. The Morgan fingerprint density at radius 3 is 1.86 bits per heavy atom. The molecule has 3 aromatic rings. The molecule has 0 unspecified atom stereocenters. The third kappa shape index (κ3) is 6.35. The number of rotatable bonds is 7. The topological polar surface area (TPSA) is 112 Å². The summed E-state index contributed by atoms with van der Waals surface area (Å²) in [5.41, 5.74) is 10.2. The van der Waals surface area contributed by atoms with Crippen LogP contribution in [0.3, 0.4) is 0 Å². The fourth-order valence-electron chi connectivity index (χ4n) is 3.77. The maximum atomic E-state index is 13.2. The summed E-state index contributed by atoms with van der Waals surface area (Å²) in [6, 6.07) is 12.1. The summed E-state index contributed by atoms with van der Waals surface area (Å²) >= 11 is 0. The summed E-state index contributed by atoms with van der Waals surface area (Å²) in [7, 11) is 0. The first-order valence-corrected chi connectivity index (χ1v) is 11.0. The Bertz CT molecular complexity index is 1340. The first-order chi connectivity index (χ1) is 17.2. The van der Waals surface area contributed by atoms with Crippen molar-refractivity contribution in [3.63, 3.8) is 0 Å². The third-order valence-electron chi connectivity index (χ3n) is 5.50. The standard InChI is InChI=1S/C26H23F6N5/c1-2-5-14-10-15(8-9-19(14)23(34)35)22(33)20-6-3-4-7-21(20)24(36)37-18-12-16(25(27,28)29)11-17(13-18)26(30,31)32/h3-4,6-13,33H,2,5H2,1H3,(H3,34,35)(H2,36,37). The smallest absolute Gasteiger partial charge is 0.384 e. The van der Waals surface area contributed by atoms with Gasteiger partial charge in [0.1, 0.15) is 11.7 Å². The fraction of sp³-hybridized carbons (Fsp3) is 0.192. The quantitative estimate of drug-likeness (QED) is 0.164. The second-order valence-corrected chi connectivity index (χ2v) is 8.22. The molecule has 0 atom stereocenters. The highest BCUT2D eigenvalue weighted by Crippen LogP contribution is 2.38. The first kappa shape index (κ1) is 27.4. The number of amidine groups is 2. The van der Waals surface area contributed by atoms with Gasteiger partial charge in [0.25, 0.3) is 0 Å². The van der Waals surface area contributed by atoms with E-state index in [0.717, 1.165) is 12.0 Å². The highest BCUT2D eigenvalue weighted by molar-refractivity contribution is 6.18. The van der Waals surface area contributed by atoms with Crippen LogP contribution in [0.15, 0.2) is 65.7 Å². The van der Waals surface area contributed by atoms with Gasteiger partial charge in [0.15, 0.2) is 0 Å². The number of benzene rings is 3. The number of nitrogens with zero attached hydrogens (tertiary/aromatic N) is 1. The van der Waals surface area contributed by atoms with Crippen LogP contribution < -0.4 is 11.5 Å². The lowest BCUT2D eigenvalue weighted by Gasteiger charge is -2.15. The average molecular weight is 519 g/mol. The van der Waals surface area contributed by atoms with Crippen molar-refractivity contribution in [3.05, 3.63) is 99.6 Å². The van der Waals surface area contributed by atoms with Crippen LogP contribution in [0.1, 0.15) is 52.3 Å². The predicted molar refractivity (Wildman–Crippen MR) is 131 cm³/mol. The molecule has 6 N–H and O–H groups in total. The van der Waals surface area contributed by atoms with E-state index in [4.69, 9.17) is 22.3 Å². The number of nitrogens with two attached hydrogens (primary N) is 2. The molecular formula is C26H23F6N5. The van der Waals surface area contributed by atoms with E-state index < -0.39 is 29.2 Å². The Labute approximate surface area is 208 Å². The molecule has 11 heteroatoms. The molecule has 0 fully saturated rings. The molecule has 194 valence electrons. The Balaban J connectivity index is 2.09. The molecule has 3 rings (SSSR count). The second kappa shape index (κ2) is 10.5. The molecule has 0 aliphatic rings. The molecule has 0 aliphatic carbocycles. The number of hydrogen-bond acceptors (Lipinski definition) is 3. The van der Waals surface area contributed by atoms with Crippen molar-refractivity contribution < 1.29 is 26.3 Å².